The summed E-state index contributed by atoms with van der Waals surface area (Å²) in [4.78, 5) is 26.1. The third-order valence-electron chi connectivity index (χ3n) is 5.30. The number of anilines is 1. The van der Waals surface area contributed by atoms with Crippen LogP contribution in [0.4, 0.5) is 23.2 Å². The Morgan fingerprint density at radius 1 is 1.03 bits per heavy atom. The van der Waals surface area contributed by atoms with Crippen molar-refractivity contribution < 1.29 is 35.6 Å². The second-order valence-electron chi connectivity index (χ2n) is 7.66. The summed E-state index contributed by atoms with van der Waals surface area (Å²) in [5.41, 5.74) is -1.19. The molecule has 4 rings (SSSR count). The summed E-state index contributed by atoms with van der Waals surface area (Å²) >= 11 is 5.99. The molecule has 2 amide bonds. The summed E-state index contributed by atoms with van der Waals surface area (Å²) in [7, 11) is -4.42. The van der Waals surface area contributed by atoms with Crippen molar-refractivity contribution in [3.63, 3.8) is 0 Å². The number of rotatable bonds is 4. The van der Waals surface area contributed by atoms with E-state index in [1.54, 1.807) is 0 Å². The molecule has 0 fully saturated rings. The van der Waals surface area contributed by atoms with E-state index in [2.05, 4.69) is 5.32 Å². The van der Waals surface area contributed by atoms with Gasteiger partial charge in [-0.1, -0.05) is 29.8 Å². The van der Waals surface area contributed by atoms with Crippen LogP contribution in [0.3, 0.4) is 0 Å². The predicted octanol–water partition coefficient (Wildman–Crippen LogP) is 4.95. The Morgan fingerprint density at radius 2 is 1.71 bits per heavy atom. The molecule has 1 heterocycles. The van der Waals surface area contributed by atoms with Crippen LogP contribution >= 0.6 is 11.6 Å². The summed E-state index contributed by atoms with van der Waals surface area (Å²) in [6.07, 6.45) is -4.67. The first kappa shape index (κ1) is 24.7. The molecule has 6 nitrogen and oxygen atoms in total. The molecule has 1 atom stereocenters. The number of carbonyl (C=O) groups is 2. The second kappa shape index (κ2) is 8.97. The fraction of sp³-hybridized carbons (Fsp3) is 0.130. The molecule has 1 aliphatic rings. The molecule has 0 saturated carbocycles. The van der Waals surface area contributed by atoms with Gasteiger partial charge in [0, 0.05) is 10.7 Å². The lowest BCUT2D eigenvalue weighted by Crippen LogP contribution is -2.47. The Morgan fingerprint density at radius 3 is 2.37 bits per heavy atom. The molecule has 0 spiro atoms. The Balaban J connectivity index is 1.75. The number of hydrogen-bond donors (Lipinski definition) is 1. The van der Waals surface area contributed by atoms with Crippen LogP contribution in [0.2, 0.25) is 5.02 Å². The van der Waals surface area contributed by atoms with Gasteiger partial charge in [0.1, 0.15) is 11.7 Å². The highest BCUT2D eigenvalue weighted by Gasteiger charge is 2.46. The number of amides is 2. The van der Waals surface area contributed by atoms with Crippen LogP contribution in [0.1, 0.15) is 22.6 Å². The minimum absolute atomic E-state index is 0.0515. The molecular formula is C23H15ClF4N2O4S. The Hall–Kier alpha value is -3.44. The van der Waals surface area contributed by atoms with Crippen molar-refractivity contribution in [3.05, 3.63) is 94.3 Å². The average molecular weight is 527 g/mol. The van der Waals surface area contributed by atoms with Crippen molar-refractivity contribution >= 4 is 39.1 Å². The van der Waals surface area contributed by atoms with E-state index in [1.807, 2.05) is 0 Å². The number of sulfonamides is 1. The molecule has 3 aromatic rings. The van der Waals surface area contributed by atoms with Crippen LogP contribution in [0, 0.1) is 5.82 Å². The van der Waals surface area contributed by atoms with Crippen LogP contribution in [0.15, 0.2) is 71.6 Å². The van der Waals surface area contributed by atoms with E-state index in [-0.39, 0.29) is 26.7 Å². The van der Waals surface area contributed by atoms with Crippen LogP contribution < -0.4 is 5.32 Å². The van der Waals surface area contributed by atoms with Gasteiger partial charge in [-0.2, -0.15) is 13.2 Å². The quantitative estimate of drug-likeness (QED) is 0.385. The van der Waals surface area contributed by atoms with Gasteiger partial charge in [0.25, 0.3) is 15.9 Å². The molecule has 0 bridgehead atoms. The van der Waals surface area contributed by atoms with Crippen molar-refractivity contribution in [2.75, 3.05) is 5.32 Å². The molecule has 182 valence electrons. The van der Waals surface area contributed by atoms with E-state index in [0.717, 1.165) is 36.4 Å². The maximum absolute atomic E-state index is 13.3. The van der Waals surface area contributed by atoms with Gasteiger partial charge in [0.2, 0.25) is 5.91 Å². The third kappa shape index (κ3) is 4.87. The minimum atomic E-state index is -4.67. The smallest absolute Gasteiger partial charge is 0.325 e. The van der Waals surface area contributed by atoms with E-state index >= 15 is 0 Å². The highest BCUT2D eigenvalue weighted by atomic mass is 35.5. The molecule has 35 heavy (non-hydrogen) atoms. The molecule has 1 aliphatic heterocycles. The van der Waals surface area contributed by atoms with Crippen LogP contribution in [0.25, 0.3) is 0 Å². The van der Waals surface area contributed by atoms with E-state index in [9.17, 15) is 35.6 Å². The first-order valence-electron chi connectivity index (χ1n) is 9.96. The molecule has 12 heteroatoms. The monoisotopic (exact) mass is 526 g/mol. The normalized spacial score (nSPS) is 17.1. The van der Waals surface area contributed by atoms with Crippen LogP contribution in [-0.4, -0.2) is 24.5 Å². The van der Waals surface area contributed by atoms with Gasteiger partial charge in [0.05, 0.1) is 17.0 Å². The van der Waals surface area contributed by atoms with Crippen molar-refractivity contribution in [1.82, 2.24) is 4.31 Å². The molecule has 3 aromatic carbocycles. The maximum Gasteiger partial charge on any atom is 0.416 e. The van der Waals surface area contributed by atoms with Crippen molar-refractivity contribution in [1.29, 1.82) is 0 Å². The van der Waals surface area contributed by atoms with Crippen molar-refractivity contribution in [3.8, 4) is 0 Å². The lowest BCUT2D eigenvalue weighted by molar-refractivity contribution is -0.138. The maximum atomic E-state index is 13.3. The third-order valence-corrected chi connectivity index (χ3v) is 7.35. The highest BCUT2D eigenvalue weighted by Crippen LogP contribution is 2.38. The number of nitrogens with zero attached hydrogens (tertiary/aromatic N) is 1. The zero-order valence-corrected chi connectivity index (χ0v) is 19.1. The topological polar surface area (TPSA) is 83.6 Å². The van der Waals surface area contributed by atoms with Gasteiger partial charge in [-0.3, -0.25) is 9.59 Å². The summed E-state index contributed by atoms with van der Waals surface area (Å²) in [5, 5.41) is 2.31. The summed E-state index contributed by atoms with van der Waals surface area (Å²) < 4.78 is 79.3. The average Bonchev–Trinajstić information content (AvgIpc) is 2.77. The number of benzene rings is 3. The van der Waals surface area contributed by atoms with Crippen molar-refractivity contribution in [2.45, 2.75) is 23.5 Å². The molecule has 1 unspecified atom stereocenters. The van der Waals surface area contributed by atoms with Crippen LogP contribution in [-0.2, 0) is 32.3 Å². The SMILES string of the molecule is O=C(Nc1cccc(C(F)(F)F)c1)C1C(=O)N(Cc2ccc(F)cc2)S(=O)(=O)c2ccc(Cl)cc21. The zero-order valence-electron chi connectivity index (χ0n) is 17.5. The number of halogens is 5. The summed E-state index contributed by atoms with van der Waals surface area (Å²) in [6, 6.07) is 12.1. The Bertz CT molecular complexity index is 1430. The molecule has 0 saturated heterocycles. The first-order valence-corrected chi connectivity index (χ1v) is 11.8. The van der Waals surface area contributed by atoms with Gasteiger partial charge < -0.3 is 5.32 Å². The standard InChI is InChI=1S/C23H15ClF4N2O4S/c24-15-6-9-19-18(11-15)20(21(31)29-17-3-1-2-14(10-17)23(26,27)28)22(32)30(35(19,33)34)12-13-4-7-16(25)8-5-13/h1-11,20H,12H2,(H,29,31). The van der Waals surface area contributed by atoms with Gasteiger partial charge >= 0.3 is 6.18 Å². The van der Waals surface area contributed by atoms with Gasteiger partial charge in [-0.25, -0.2) is 17.1 Å². The van der Waals surface area contributed by atoms with Crippen molar-refractivity contribution in [2.24, 2.45) is 0 Å². The number of carbonyl (C=O) groups excluding carboxylic acids is 2. The molecule has 1 N–H and O–H groups in total. The fourth-order valence-electron chi connectivity index (χ4n) is 3.65. The van der Waals surface area contributed by atoms with E-state index in [0.29, 0.717) is 10.4 Å². The molecule has 0 aromatic heterocycles. The second-order valence-corrected chi connectivity index (χ2v) is 9.93. The summed E-state index contributed by atoms with van der Waals surface area (Å²) in [6.45, 7) is -0.489. The van der Waals surface area contributed by atoms with E-state index in [1.165, 1.54) is 24.3 Å². The fourth-order valence-corrected chi connectivity index (χ4v) is 5.45. The number of alkyl halides is 3. The molecule has 0 aliphatic carbocycles. The lowest BCUT2D eigenvalue weighted by atomic mass is 9.96. The minimum Gasteiger partial charge on any atom is -0.325 e. The Labute approximate surface area is 202 Å². The Kier molecular flexibility index (Phi) is 6.32. The lowest BCUT2D eigenvalue weighted by Gasteiger charge is -2.33. The number of fused-ring (bicyclic) bond motifs is 1. The van der Waals surface area contributed by atoms with Gasteiger partial charge in [-0.15, -0.1) is 0 Å². The van der Waals surface area contributed by atoms with E-state index in [4.69, 9.17) is 11.6 Å². The summed E-state index contributed by atoms with van der Waals surface area (Å²) in [5.74, 6) is -4.47. The highest BCUT2D eigenvalue weighted by molar-refractivity contribution is 7.89. The number of nitrogens with one attached hydrogen (secondary N) is 1. The van der Waals surface area contributed by atoms with E-state index < -0.39 is 51.9 Å². The number of hydrogen-bond acceptors (Lipinski definition) is 4. The first-order chi connectivity index (χ1) is 16.4. The molecular weight excluding hydrogens is 512 g/mol. The largest absolute Gasteiger partial charge is 0.416 e. The molecule has 0 radical (unpaired) electrons. The van der Waals surface area contributed by atoms with Crippen LogP contribution in [0.5, 0.6) is 0 Å². The predicted molar refractivity (Wildman–Crippen MR) is 118 cm³/mol. The van der Waals surface area contributed by atoms with Gasteiger partial charge in [-0.05, 0) is 59.7 Å². The zero-order chi connectivity index (χ0) is 25.5. The van der Waals surface area contributed by atoms with Gasteiger partial charge in [0.15, 0.2) is 0 Å².